The fourth-order valence-corrected chi connectivity index (χ4v) is 3.52. The van der Waals surface area contributed by atoms with E-state index < -0.39 is 17.8 Å². The van der Waals surface area contributed by atoms with Crippen molar-refractivity contribution in [3.05, 3.63) is 35.4 Å². The largest absolute Gasteiger partial charge is 0.333 e. The third-order valence-corrected chi connectivity index (χ3v) is 4.89. The molecular formula is C18H21NO4. The molecule has 2 aliphatic rings. The van der Waals surface area contributed by atoms with Gasteiger partial charge < -0.3 is 4.84 Å². The smallest absolute Gasteiger partial charge is 0.330 e. The number of fused-ring (bicyclic) bond motifs is 1. The second kappa shape index (κ2) is 6.52. The molecule has 1 fully saturated rings. The molecule has 1 aromatic carbocycles. The fourth-order valence-electron chi connectivity index (χ4n) is 3.52. The standard InChI is InChI=1S/C18H21NO4/c1-12(13-7-3-2-4-8-13)11-16(20)23-19-17(21)14-9-5-6-10-15(14)18(19)22/h5-6,9-10,12-13H,2-4,7-8,11H2,1H3. The third-order valence-electron chi connectivity index (χ3n) is 4.89. The molecule has 23 heavy (non-hydrogen) atoms. The zero-order valence-corrected chi connectivity index (χ0v) is 13.3. The van der Waals surface area contributed by atoms with Crippen LogP contribution in [0.3, 0.4) is 0 Å². The Hall–Kier alpha value is -2.17. The molecule has 2 amide bonds. The van der Waals surface area contributed by atoms with Crippen LogP contribution in [0.25, 0.3) is 0 Å². The van der Waals surface area contributed by atoms with E-state index in [1.54, 1.807) is 24.3 Å². The van der Waals surface area contributed by atoms with E-state index in [1.165, 1.54) is 19.3 Å². The number of hydrogen-bond donors (Lipinski definition) is 0. The van der Waals surface area contributed by atoms with Crippen LogP contribution in [0.15, 0.2) is 24.3 Å². The molecule has 1 heterocycles. The molecule has 122 valence electrons. The lowest BCUT2D eigenvalue weighted by Gasteiger charge is -2.27. The molecule has 3 rings (SSSR count). The number of nitrogens with zero attached hydrogens (tertiary/aromatic N) is 1. The van der Waals surface area contributed by atoms with Crippen LogP contribution in [0, 0.1) is 11.8 Å². The first kappa shape index (κ1) is 15.7. The monoisotopic (exact) mass is 315 g/mol. The summed E-state index contributed by atoms with van der Waals surface area (Å²) >= 11 is 0. The number of carbonyl (C=O) groups excluding carboxylic acids is 3. The van der Waals surface area contributed by atoms with E-state index in [4.69, 9.17) is 4.84 Å². The summed E-state index contributed by atoms with van der Waals surface area (Å²) in [6.07, 6.45) is 6.20. The highest BCUT2D eigenvalue weighted by Crippen LogP contribution is 2.32. The summed E-state index contributed by atoms with van der Waals surface area (Å²) in [4.78, 5) is 41.5. The van der Waals surface area contributed by atoms with Crippen LogP contribution in [-0.4, -0.2) is 22.8 Å². The Morgan fingerprint density at radius 2 is 1.70 bits per heavy atom. The summed E-state index contributed by atoms with van der Waals surface area (Å²) in [5.74, 6) is -0.914. The van der Waals surface area contributed by atoms with Gasteiger partial charge in [0.2, 0.25) is 0 Å². The topological polar surface area (TPSA) is 63.7 Å². The number of imide groups is 1. The van der Waals surface area contributed by atoms with Gasteiger partial charge >= 0.3 is 5.97 Å². The molecule has 5 nitrogen and oxygen atoms in total. The average Bonchev–Trinajstić information content (AvgIpc) is 2.81. The van der Waals surface area contributed by atoms with Gasteiger partial charge in [0, 0.05) is 0 Å². The first-order valence-electron chi connectivity index (χ1n) is 8.26. The minimum atomic E-state index is -0.565. The van der Waals surface area contributed by atoms with Crippen molar-refractivity contribution in [1.29, 1.82) is 0 Å². The molecule has 0 saturated heterocycles. The van der Waals surface area contributed by atoms with Gasteiger partial charge in [-0.3, -0.25) is 9.59 Å². The molecule has 1 saturated carbocycles. The molecule has 0 aromatic heterocycles. The van der Waals surface area contributed by atoms with Crippen LogP contribution < -0.4 is 0 Å². The van der Waals surface area contributed by atoms with Crippen LogP contribution in [0.4, 0.5) is 0 Å². The van der Waals surface area contributed by atoms with Gasteiger partial charge in [-0.25, -0.2) is 4.79 Å². The lowest BCUT2D eigenvalue weighted by molar-refractivity contribution is -0.170. The van der Waals surface area contributed by atoms with Crippen LogP contribution in [-0.2, 0) is 9.63 Å². The summed E-state index contributed by atoms with van der Waals surface area (Å²) in [6, 6.07) is 6.49. The maximum atomic E-state index is 12.2. The van der Waals surface area contributed by atoms with Crippen molar-refractivity contribution < 1.29 is 19.2 Å². The Kier molecular flexibility index (Phi) is 4.46. The lowest BCUT2D eigenvalue weighted by atomic mass is 9.79. The second-order valence-corrected chi connectivity index (χ2v) is 6.49. The van der Waals surface area contributed by atoms with E-state index in [9.17, 15) is 14.4 Å². The molecule has 1 atom stereocenters. The minimum Gasteiger partial charge on any atom is -0.330 e. The zero-order valence-electron chi connectivity index (χ0n) is 13.3. The van der Waals surface area contributed by atoms with E-state index in [1.807, 2.05) is 6.92 Å². The van der Waals surface area contributed by atoms with Crippen molar-refractivity contribution >= 4 is 17.8 Å². The Balaban J connectivity index is 1.60. The van der Waals surface area contributed by atoms with Gasteiger partial charge in [0.1, 0.15) is 0 Å². The highest BCUT2D eigenvalue weighted by atomic mass is 16.7. The van der Waals surface area contributed by atoms with E-state index in [0.717, 1.165) is 12.8 Å². The first-order chi connectivity index (χ1) is 11.1. The normalized spacial score (nSPS) is 19.6. The Labute approximate surface area is 135 Å². The van der Waals surface area contributed by atoms with E-state index in [-0.39, 0.29) is 23.5 Å². The van der Waals surface area contributed by atoms with Crippen LogP contribution in [0.1, 0.15) is 66.2 Å². The van der Waals surface area contributed by atoms with Crippen molar-refractivity contribution in [3.8, 4) is 0 Å². The predicted molar refractivity (Wildman–Crippen MR) is 83.4 cm³/mol. The molecule has 0 N–H and O–H groups in total. The fraction of sp³-hybridized carbons (Fsp3) is 0.500. The number of amides is 2. The van der Waals surface area contributed by atoms with Gasteiger partial charge in [-0.05, 0) is 24.0 Å². The average molecular weight is 315 g/mol. The first-order valence-corrected chi connectivity index (χ1v) is 8.26. The molecule has 0 bridgehead atoms. The van der Waals surface area contributed by atoms with Crippen molar-refractivity contribution in [2.75, 3.05) is 0 Å². The Morgan fingerprint density at radius 3 is 2.26 bits per heavy atom. The summed E-state index contributed by atoms with van der Waals surface area (Å²) in [5, 5.41) is 0.598. The van der Waals surface area contributed by atoms with Gasteiger partial charge in [-0.1, -0.05) is 56.2 Å². The molecule has 1 aliphatic heterocycles. The van der Waals surface area contributed by atoms with E-state index >= 15 is 0 Å². The number of benzene rings is 1. The van der Waals surface area contributed by atoms with E-state index in [2.05, 4.69) is 0 Å². The molecule has 1 unspecified atom stereocenters. The van der Waals surface area contributed by atoms with Crippen molar-refractivity contribution in [1.82, 2.24) is 5.06 Å². The number of rotatable bonds is 4. The van der Waals surface area contributed by atoms with Gasteiger partial charge in [-0.15, -0.1) is 0 Å². The molecule has 0 spiro atoms. The Bertz CT molecular complexity index is 599. The van der Waals surface area contributed by atoms with E-state index in [0.29, 0.717) is 11.0 Å². The predicted octanol–water partition coefficient (Wildman–Crippen LogP) is 3.35. The van der Waals surface area contributed by atoms with Gasteiger partial charge in [0.05, 0.1) is 17.5 Å². The van der Waals surface area contributed by atoms with Gasteiger partial charge in [-0.2, -0.15) is 0 Å². The summed E-state index contributed by atoms with van der Waals surface area (Å²) in [7, 11) is 0. The van der Waals surface area contributed by atoms with Crippen LogP contribution in [0.2, 0.25) is 0 Å². The second-order valence-electron chi connectivity index (χ2n) is 6.49. The minimum absolute atomic E-state index is 0.206. The van der Waals surface area contributed by atoms with Crippen molar-refractivity contribution in [2.45, 2.75) is 45.4 Å². The highest BCUT2D eigenvalue weighted by Gasteiger charge is 2.38. The molecule has 5 heteroatoms. The van der Waals surface area contributed by atoms with Gasteiger partial charge in [0.25, 0.3) is 11.8 Å². The number of hydroxylamine groups is 2. The Morgan fingerprint density at radius 1 is 1.13 bits per heavy atom. The van der Waals surface area contributed by atoms with Gasteiger partial charge in [0.15, 0.2) is 0 Å². The van der Waals surface area contributed by atoms with Crippen molar-refractivity contribution in [3.63, 3.8) is 0 Å². The molecule has 1 aromatic rings. The maximum absolute atomic E-state index is 12.2. The maximum Gasteiger partial charge on any atom is 0.333 e. The number of hydrogen-bond acceptors (Lipinski definition) is 4. The van der Waals surface area contributed by atoms with Crippen molar-refractivity contribution in [2.24, 2.45) is 11.8 Å². The summed E-state index contributed by atoms with van der Waals surface area (Å²) < 4.78 is 0. The SMILES string of the molecule is CC(CC(=O)ON1C(=O)c2ccccc2C1=O)C1CCCCC1. The molecule has 0 radical (unpaired) electrons. The highest BCUT2D eigenvalue weighted by molar-refractivity contribution is 6.20. The molecular weight excluding hydrogens is 294 g/mol. The number of carbonyl (C=O) groups is 3. The van der Waals surface area contributed by atoms with Crippen LogP contribution >= 0.6 is 0 Å². The summed E-state index contributed by atoms with van der Waals surface area (Å²) in [5.41, 5.74) is 0.566. The lowest BCUT2D eigenvalue weighted by Crippen LogP contribution is -2.33. The quantitative estimate of drug-likeness (QED) is 0.799. The third kappa shape index (κ3) is 3.14. The zero-order chi connectivity index (χ0) is 16.4. The van der Waals surface area contributed by atoms with Crippen LogP contribution in [0.5, 0.6) is 0 Å². The molecule has 1 aliphatic carbocycles. The summed E-state index contributed by atoms with van der Waals surface area (Å²) in [6.45, 7) is 2.04.